The molecule has 35 heavy (non-hydrogen) atoms. The molecule has 0 radical (unpaired) electrons. The Bertz CT molecular complexity index is 1130. The van der Waals surface area contributed by atoms with Gasteiger partial charge < -0.3 is 14.4 Å². The highest BCUT2D eigenvalue weighted by Crippen LogP contribution is 2.28. The first-order chi connectivity index (χ1) is 16.8. The SMILES string of the molecule is CO[C@H](C(=O)Cc1ccc(N2CC[C@@H](Cc3cccnn3)C2)nn1)c1cccc(OC(F)(F)F)c1. The van der Waals surface area contributed by atoms with E-state index >= 15 is 0 Å². The Morgan fingerprint density at radius 2 is 1.97 bits per heavy atom. The highest BCUT2D eigenvalue weighted by atomic mass is 19.4. The van der Waals surface area contributed by atoms with E-state index in [1.54, 1.807) is 12.3 Å². The smallest absolute Gasteiger partial charge is 0.406 e. The minimum Gasteiger partial charge on any atom is -0.406 e. The van der Waals surface area contributed by atoms with E-state index in [1.807, 2.05) is 18.2 Å². The highest BCUT2D eigenvalue weighted by molar-refractivity contribution is 5.86. The molecule has 0 amide bonds. The molecule has 8 nitrogen and oxygen atoms in total. The minimum absolute atomic E-state index is 0.0779. The Labute approximate surface area is 200 Å². The normalized spacial score (nSPS) is 16.8. The van der Waals surface area contributed by atoms with Gasteiger partial charge in [-0.15, -0.1) is 18.3 Å². The first-order valence-corrected chi connectivity index (χ1v) is 11.1. The molecule has 1 aliphatic rings. The average molecular weight is 487 g/mol. The van der Waals surface area contributed by atoms with Crippen LogP contribution in [0, 0.1) is 5.92 Å². The molecule has 1 aliphatic heterocycles. The molecule has 0 spiro atoms. The molecule has 3 aromatic rings. The van der Waals surface area contributed by atoms with Crippen LogP contribution in [0.4, 0.5) is 19.0 Å². The van der Waals surface area contributed by atoms with Crippen LogP contribution in [0.3, 0.4) is 0 Å². The lowest BCUT2D eigenvalue weighted by molar-refractivity contribution is -0.274. The lowest BCUT2D eigenvalue weighted by atomic mass is 10.0. The van der Waals surface area contributed by atoms with Crippen molar-refractivity contribution in [3.05, 3.63) is 71.7 Å². The van der Waals surface area contributed by atoms with Gasteiger partial charge in [0, 0.05) is 26.4 Å². The molecule has 0 bridgehead atoms. The number of anilines is 1. The Morgan fingerprint density at radius 3 is 2.66 bits per heavy atom. The second kappa shape index (κ2) is 10.8. The number of halogens is 3. The summed E-state index contributed by atoms with van der Waals surface area (Å²) in [4.78, 5) is 15.0. The number of nitrogens with zero attached hydrogens (tertiary/aromatic N) is 5. The molecule has 2 atom stereocenters. The molecule has 1 saturated heterocycles. The van der Waals surface area contributed by atoms with Crippen molar-refractivity contribution in [2.45, 2.75) is 31.7 Å². The molecule has 2 aromatic heterocycles. The van der Waals surface area contributed by atoms with Gasteiger partial charge in [0.15, 0.2) is 11.6 Å². The highest BCUT2D eigenvalue weighted by Gasteiger charge is 2.32. The number of hydrogen-bond donors (Lipinski definition) is 0. The molecule has 4 rings (SSSR count). The van der Waals surface area contributed by atoms with Crippen molar-refractivity contribution in [3.63, 3.8) is 0 Å². The topological polar surface area (TPSA) is 90.3 Å². The number of ketones is 1. The number of benzene rings is 1. The Morgan fingerprint density at radius 1 is 1.11 bits per heavy atom. The number of carbonyl (C=O) groups excluding carboxylic acids is 1. The van der Waals surface area contributed by atoms with Crippen LogP contribution in [0.25, 0.3) is 0 Å². The van der Waals surface area contributed by atoms with Gasteiger partial charge in [-0.25, -0.2) is 0 Å². The quantitative estimate of drug-likeness (QED) is 0.451. The van der Waals surface area contributed by atoms with E-state index < -0.39 is 18.2 Å². The number of ether oxygens (including phenoxy) is 2. The molecule has 11 heteroatoms. The van der Waals surface area contributed by atoms with Crippen molar-refractivity contribution in [1.29, 1.82) is 0 Å². The maximum Gasteiger partial charge on any atom is 0.573 e. The second-order valence-corrected chi connectivity index (χ2v) is 8.28. The van der Waals surface area contributed by atoms with Gasteiger partial charge in [0.1, 0.15) is 11.9 Å². The summed E-state index contributed by atoms with van der Waals surface area (Å²) in [5.41, 5.74) is 1.66. The van der Waals surface area contributed by atoms with E-state index in [4.69, 9.17) is 4.74 Å². The summed E-state index contributed by atoms with van der Waals surface area (Å²) >= 11 is 0. The predicted octanol–water partition coefficient (Wildman–Crippen LogP) is 3.73. The number of Topliss-reactive ketones (excluding diaryl/α,β-unsaturated/α-hetero) is 1. The fraction of sp³-hybridized carbons (Fsp3) is 0.375. The summed E-state index contributed by atoms with van der Waals surface area (Å²) in [5.74, 6) is 0.388. The summed E-state index contributed by atoms with van der Waals surface area (Å²) in [6.45, 7) is 1.67. The van der Waals surface area contributed by atoms with E-state index in [2.05, 4.69) is 30.0 Å². The number of rotatable bonds is 9. The fourth-order valence-electron chi connectivity index (χ4n) is 4.16. The molecule has 1 aromatic carbocycles. The van der Waals surface area contributed by atoms with Crippen LogP contribution in [-0.2, 0) is 22.4 Å². The van der Waals surface area contributed by atoms with E-state index in [1.165, 1.54) is 19.2 Å². The van der Waals surface area contributed by atoms with Gasteiger partial charge in [-0.05, 0) is 60.7 Å². The van der Waals surface area contributed by atoms with Gasteiger partial charge in [-0.3, -0.25) is 4.79 Å². The van der Waals surface area contributed by atoms with Gasteiger partial charge >= 0.3 is 6.36 Å². The largest absolute Gasteiger partial charge is 0.573 e. The maximum atomic E-state index is 12.8. The number of methoxy groups -OCH3 is 1. The van der Waals surface area contributed by atoms with Gasteiger partial charge in [0.2, 0.25) is 0 Å². The lowest BCUT2D eigenvalue weighted by Crippen LogP contribution is -2.22. The summed E-state index contributed by atoms with van der Waals surface area (Å²) in [6.07, 6.45) is -2.46. The van der Waals surface area contributed by atoms with E-state index in [-0.39, 0.29) is 17.8 Å². The van der Waals surface area contributed by atoms with Crippen LogP contribution in [0.15, 0.2) is 54.7 Å². The van der Waals surface area contributed by atoms with Crippen molar-refractivity contribution >= 4 is 11.6 Å². The van der Waals surface area contributed by atoms with Crippen LogP contribution in [0.2, 0.25) is 0 Å². The van der Waals surface area contributed by atoms with Gasteiger partial charge in [-0.2, -0.15) is 15.3 Å². The van der Waals surface area contributed by atoms with Crippen molar-refractivity contribution in [2.24, 2.45) is 5.92 Å². The van der Waals surface area contributed by atoms with Crippen LogP contribution in [0.1, 0.15) is 29.5 Å². The molecule has 0 saturated carbocycles. The zero-order chi connectivity index (χ0) is 24.8. The molecule has 0 N–H and O–H groups in total. The van der Waals surface area contributed by atoms with E-state index in [0.717, 1.165) is 49.6 Å². The monoisotopic (exact) mass is 487 g/mol. The molecule has 3 heterocycles. The van der Waals surface area contributed by atoms with Gasteiger partial charge in [0.25, 0.3) is 0 Å². The Balaban J connectivity index is 1.36. The molecular formula is C24H24F3N5O3. The fourth-order valence-corrected chi connectivity index (χ4v) is 4.16. The second-order valence-electron chi connectivity index (χ2n) is 8.28. The predicted molar refractivity (Wildman–Crippen MR) is 120 cm³/mol. The maximum absolute atomic E-state index is 12.8. The van der Waals surface area contributed by atoms with Crippen molar-refractivity contribution in [3.8, 4) is 5.75 Å². The first kappa shape index (κ1) is 24.5. The summed E-state index contributed by atoms with van der Waals surface area (Å²) in [7, 11) is 1.32. The standard InChI is InChI=1S/C24H24F3N5O3/c1-34-23(17-4-2-6-20(13-17)35-24(25,26)27)21(33)14-19-7-8-22(31-30-19)32-11-9-16(15-32)12-18-5-3-10-28-29-18/h2-8,10,13,16,23H,9,11-12,14-15H2,1H3/t16-,23-/m0/s1. The number of hydrogen-bond acceptors (Lipinski definition) is 8. The van der Waals surface area contributed by atoms with E-state index in [9.17, 15) is 18.0 Å². The number of carbonyl (C=O) groups is 1. The minimum atomic E-state index is -4.83. The van der Waals surface area contributed by atoms with Gasteiger partial charge in [-0.1, -0.05) is 12.1 Å². The van der Waals surface area contributed by atoms with Crippen molar-refractivity contribution in [2.75, 3.05) is 25.1 Å². The van der Waals surface area contributed by atoms with Gasteiger partial charge in [0.05, 0.1) is 17.8 Å². The zero-order valence-electron chi connectivity index (χ0n) is 19.0. The summed E-state index contributed by atoms with van der Waals surface area (Å²) in [5, 5.41) is 16.5. The third-order valence-electron chi connectivity index (χ3n) is 5.72. The zero-order valence-corrected chi connectivity index (χ0v) is 19.0. The van der Waals surface area contributed by atoms with Crippen LogP contribution in [-0.4, -0.2) is 52.7 Å². The molecule has 184 valence electrons. The van der Waals surface area contributed by atoms with E-state index in [0.29, 0.717) is 11.6 Å². The third-order valence-corrected chi connectivity index (χ3v) is 5.72. The van der Waals surface area contributed by atoms with Crippen LogP contribution in [0.5, 0.6) is 5.75 Å². The molecular weight excluding hydrogens is 463 g/mol. The van der Waals surface area contributed by atoms with Crippen LogP contribution < -0.4 is 9.64 Å². The van der Waals surface area contributed by atoms with Crippen molar-refractivity contribution < 1.29 is 27.4 Å². The number of alkyl halides is 3. The third kappa shape index (κ3) is 6.72. The summed E-state index contributed by atoms with van der Waals surface area (Å²) < 4.78 is 46.8. The molecule has 0 unspecified atom stereocenters. The summed E-state index contributed by atoms with van der Waals surface area (Å²) in [6, 6.07) is 12.6. The molecule has 0 aliphatic carbocycles. The lowest BCUT2D eigenvalue weighted by Gasteiger charge is -2.18. The van der Waals surface area contributed by atoms with Crippen LogP contribution >= 0.6 is 0 Å². The average Bonchev–Trinajstić information content (AvgIpc) is 3.28. The number of aromatic nitrogens is 4. The van der Waals surface area contributed by atoms with Crippen molar-refractivity contribution in [1.82, 2.24) is 20.4 Å². The Hall–Kier alpha value is -3.60. The molecule has 1 fully saturated rings. The Kier molecular flexibility index (Phi) is 7.54. The first-order valence-electron chi connectivity index (χ1n) is 11.1.